The lowest BCUT2D eigenvalue weighted by molar-refractivity contribution is -0.115. The average Bonchev–Trinajstić information content (AvgIpc) is 3.10. The van der Waals surface area contributed by atoms with Gasteiger partial charge in [0.2, 0.25) is 5.91 Å². The standard InChI is InChI=1S/C40H37N3O3S/c1-27(2)30-18-20-34(21-19-30)41-38(44)28(3)47-36-24-22-35(23-25-36)42-40(46)37(43-39(45)33-12-8-5-9-13-33)26-29-14-16-32(17-15-29)31-10-6-4-7-11-31/h4-28H,1-3H3,(H,41,44)(H,42,46)(H,43,45)/b37-26-. The number of amides is 3. The predicted molar refractivity (Wildman–Crippen MR) is 193 cm³/mol. The van der Waals surface area contributed by atoms with Crippen molar-refractivity contribution in [1.29, 1.82) is 0 Å². The molecule has 5 rings (SSSR count). The van der Waals surface area contributed by atoms with E-state index >= 15 is 0 Å². The summed E-state index contributed by atoms with van der Waals surface area (Å²) < 4.78 is 0. The highest BCUT2D eigenvalue weighted by Gasteiger charge is 2.17. The summed E-state index contributed by atoms with van der Waals surface area (Å²) in [6.07, 6.45) is 1.66. The number of rotatable bonds is 11. The van der Waals surface area contributed by atoms with Crippen molar-refractivity contribution in [3.8, 4) is 11.1 Å². The predicted octanol–water partition coefficient (Wildman–Crippen LogP) is 9.01. The Kier molecular flexibility index (Phi) is 11.0. The van der Waals surface area contributed by atoms with E-state index in [2.05, 4.69) is 29.8 Å². The van der Waals surface area contributed by atoms with E-state index in [1.54, 1.807) is 42.5 Å². The van der Waals surface area contributed by atoms with Gasteiger partial charge in [0.25, 0.3) is 11.8 Å². The first-order valence-corrected chi connectivity index (χ1v) is 16.4. The number of nitrogens with one attached hydrogen (secondary N) is 3. The number of anilines is 2. The fraction of sp³-hybridized carbons (Fsp3) is 0.125. The molecule has 3 N–H and O–H groups in total. The Morgan fingerprint density at radius 1 is 0.617 bits per heavy atom. The van der Waals surface area contributed by atoms with E-state index in [0.29, 0.717) is 17.2 Å². The third-order valence-corrected chi connectivity index (χ3v) is 8.61. The molecule has 3 amide bonds. The minimum atomic E-state index is -0.460. The lowest BCUT2D eigenvalue weighted by Gasteiger charge is -2.14. The van der Waals surface area contributed by atoms with Crippen molar-refractivity contribution in [3.63, 3.8) is 0 Å². The topological polar surface area (TPSA) is 87.3 Å². The van der Waals surface area contributed by atoms with Gasteiger partial charge in [-0.05, 0) is 89.7 Å². The summed E-state index contributed by atoms with van der Waals surface area (Å²) in [7, 11) is 0. The number of thioether (sulfide) groups is 1. The van der Waals surface area contributed by atoms with Gasteiger partial charge in [-0.2, -0.15) is 0 Å². The van der Waals surface area contributed by atoms with Gasteiger partial charge in [-0.1, -0.05) is 98.8 Å². The van der Waals surface area contributed by atoms with E-state index in [0.717, 1.165) is 27.3 Å². The maximum Gasteiger partial charge on any atom is 0.272 e. The summed E-state index contributed by atoms with van der Waals surface area (Å²) in [6.45, 7) is 6.13. The van der Waals surface area contributed by atoms with Crippen LogP contribution in [-0.4, -0.2) is 23.0 Å². The van der Waals surface area contributed by atoms with Crippen LogP contribution >= 0.6 is 11.8 Å². The van der Waals surface area contributed by atoms with Crippen LogP contribution in [0.2, 0.25) is 0 Å². The Morgan fingerprint density at radius 3 is 1.79 bits per heavy atom. The number of benzene rings is 5. The maximum atomic E-state index is 13.5. The molecule has 0 aliphatic rings. The number of carbonyl (C=O) groups is 3. The van der Waals surface area contributed by atoms with E-state index in [-0.39, 0.29) is 22.8 Å². The molecule has 7 heteroatoms. The molecular weight excluding hydrogens is 603 g/mol. The molecule has 236 valence electrons. The largest absolute Gasteiger partial charge is 0.325 e. The van der Waals surface area contributed by atoms with Crippen molar-refractivity contribution < 1.29 is 14.4 Å². The van der Waals surface area contributed by atoms with Crippen LogP contribution < -0.4 is 16.0 Å². The minimum absolute atomic E-state index is 0.0922. The molecule has 0 saturated heterocycles. The van der Waals surface area contributed by atoms with Crippen LogP contribution in [0.25, 0.3) is 17.2 Å². The molecule has 47 heavy (non-hydrogen) atoms. The highest BCUT2D eigenvalue weighted by Crippen LogP contribution is 2.27. The highest BCUT2D eigenvalue weighted by atomic mass is 32.2. The van der Waals surface area contributed by atoms with Crippen LogP contribution in [0.15, 0.2) is 144 Å². The van der Waals surface area contributed by atoms with Crippen LogP contribution in [0, 0.1) is 0 Å². The van der Waals surface area contributed by atoms with Gasteiger partial charge in [-0.25, -0.2) is 0 Å². The van der Waals surface area contributed by atoms with Gasteiger partial charge in [0, 0.05) is 21.8 Å². The molecule has 0 spiro atoms. The molecule has 0 saturated carbocycles. The zero-order valence-electron chi connectivity index (χ0n) is 26.6. The molecule has 0 radical (unpaired) electrons. The average molecular weight is 640 g/mol. The Bertz CT molecular complexity index is 1840. The van der Waals surface area contributed by atoms with Crippen molar-refractivity contribution in [1.82, 2.24) is 5.32 Å². The summed E-state index contributed by atoms with van der Waals surface area (Å²) in [5.41, 5.74) is 5.99. The summed E-state index contributed by atoms with van der Waals surface area (Å²) in [5, 5.41) is 8.32. The second kappa shape index (κ2) is 15.7. The number of hydrogen-bond donors (Lipinski definition) is 3. The van der Waals surface area contributed by atoms with Crippen LogP contribution in [-0.2, 0) is 9.59 Å². The van der Waals surface area contributed by atoms with Crippen molar-refractivity contribution >= 4 is 46.9 Å². The first-order chi connectivity index (χ1) is 22.7. The summed E-state index contributed by atoms with van der Waals surface area (Å²) in [6, 6.07) is 41.7. The molecule has 0 aromatic heterocycles. The molecule has 0 fully saturated rings. The lowest BCUT2D eigenvalue weighted by atomic mass is 10.0. The third-order valence-electron chi connectivity index (χ3n) is 7.50. The van der Waals surface area contributed by atoms with E-state index in [1.807, 2.05) is 104 Å². The monoisotopic (exact) mass is 639 g/mol. The van der Waals surface area contributed by atoms with Crippen molar-refractivity contribution in [2.75, 3.05) is 10.6 Å². The summed E-state index contributed by atoms with van der Waals surface area (Å²) in [4.78, 5) is 40.2. The number of carbonyl (C=O) groups excluding carboxylic acids is 3. The fourth-order valence-corrected chi connectivity index (χ4v) is 5.65. The third kappa shape index (κ3) is 9.31. The lowest BCUT2D eigenvalue weighted by Crippen LogP contribution is -2.30. The molecule has 0 aliphatic heterocycles. The normalized spacial score (nSPS) is 11.9. The second-order valence-corrected chi connectivity index (χ2v) is 12.8. The first-order valence-electron chi connectivity index (χ1n) is 15.5. The van der Waals surface area contributed by atoms with Gasteiger partial charge in [-0.3, -0.25) is 14.4 Å². The van der Waals surface area contributed by atoms with Gasteiger partial charge in [0.1, 0.15) is 5.70 Å². The Balaban J connectivity index is 1.25. The summed E-state index contributed by atoms with van der Waals surface area (Å²) in [5.74, 6) is -0.513. The smallest absolute Gasteiger partial charge is 0.272 e. The van der Waals surface area contributed by atoms with E-state index in [4.69, 9.17) is 0 Å². The SMILES string of the molecule is CC(Sc1ccc(NC(=O)/C(=C/c2ccc(-c3ccccc3)cc2)NC(=O)c2ccccc2)cc1)C(=O)Nc1ccc(C(C)C)cc1. The Hall–Kier alpha value is -5.40. The molecule has 0 heterocycles. The van der Waals surface area contributed by atoms with Gasteiger partial charge < -0.3 is 16.0 Å². The van der Waals surface area contributed by atoms with Crippen LogP contribution in [0.4, 0.5) is 11.4 Å². The summed E-state index contributed by atoms with van der Waals surface area (Å²) >= 11 is 1.43. The van der Waals surface area contributed by atoms with Gasteiger partial charge >= 0.3 is 0 Å². The highest BCUT2D eigenvalue weighted by molar-refractivity contribution is 8.00. The molecule has 1 unspecified atom stereocenters. The zero-order valence-corrected chi connectivity index (χ0v) is 27.4. The van der Waals surface area contributed by atoms with Crippen LogP contribution in [0.1, 0.15) is 48.2 Å². The van der Waals surface area contributed by atoms with Gasteiger partial charge in [0.05, 0.1) is 5.25 Å². The Morgan fingerprint density at radius 2 is 1.17 bits per heavy atom. The van der Waals surface area contributed by atoms with Crippen molar-refractivity contribution in [2.45, 2.75) is 36.8 Å². The van der Waals surface area contributed by atoms with E-state index in [9.17, 15) is 14.4 Å². The van der Waals surface area contributed by atoms with Crippen LogP contribution in [0.3, 0.4) is 0 Å². The van der Waals surface area contributed by atoms with Gasteiger partial charge in [-0.15, -0.1) is 11.8 Å². The minimum Gasteiger partial charge on any atom is -0.325 e. The maximum absolute atomic E-state index is 13.5. The van der Waals surface area contributed by atoms with Crippen molar-refractivity contribution in [3.05, 3.63) is 156 Å². The van der Waals surface area contributed by atoms with Gasteiger partial charge in [0.15, 0.2) is 0 Å². The first kappa shape index (κ1) is 33.0. The van der Waals surface area contributed by atoms with E-state index < -0.39 is 5.91 Å². The molecule has 5 aromatic carbocycles. The molecule has 1 atom stereocenters. The second-order valence-electron chi connectivity index (χ2n) is 11.4. The van der Waals surface area contributed by atoms with Crippen LogP contribution in [0.5, 0.6) is 0 Å². The fourth-order valence-electron chi connectivity index (χ4n) is 4.78. The quantitative estimate of drug-likeness (QED) is 0.0994. The molecule has 6 nitrogen and oxygen atoms in total. The van der Waals surface area contributed by atoms with E-state index in [1.165, 1.54) is 17.3 Å². The number of hydrogen-bond acceptors (Lipinski definition) is 4. The Labute approximate surface area is 280 Å². The molecular formula is C40H37N3O3S. The molecule has 5 aromatic rings. The molecule has 0 aliphatic carbocycles. The molecule has 0 bridgehead atoms. The zero-order chi connectivity index (χ0) is 33.2. The van der Waals surface area contributed by atoms with Crippen molar-refractivity contribution in [2.24, 2.45) is 0 Å².